The summed E-state index contributed by atoms with van der Waals surface area (Å²) in [6.45, 7) is 1.18. The summed E-state index contributed by atoms with van der Waals surface area (Å²) in [4.78, 5) is 11.7. The molecule has 0 spiro atoms. The van der Waals surface area contributed by atoms with Crippen LogP contribution in [0.5, 0.6) is 0 Å². The lowest BCUT2D eigenvalue weighted by molar-refractivity contribution is -0.00346. The van der Waals surface area contributed by atoms with E-state index in [0.717, 1.165) is 4.47 Å². The zero-order valence-corrected chi connectivity index (χ0v) is 10.1. The zero-order valence-electron chi connectivity index (χ0n) is 7.80. The van der Waals surface area contributed by atoms with E-state index in [1.54, 1.807) is 18.2 Å². The van der Waals surface area contributed by atoms with Crippen LogP contribution >= 0.6 is 27.5 Å². The molecule has 1 aliphatic heterocycles. The lowest BCUT2D eigenvalue weighted by Gasteiger charge is -2.26. The molecule has 3 nitrogen and oxygen atoms in total. The molecule has 1 saturated heterocycles. The summed E-state index contributed by atoms with van der Waals surface area (Å²) >= 11 is 9.13. The fourth-order valence-corrected chi connectivity index (χ4v) is 2.13. The summed E-state index contributed by atoms with van der Waals surface area (Å²) in [5, 5.41) is 3.38. The van der Waals surface area contributed by atoms with Crippen molar-refractivity contribution < 1.29 is 9.53 Å². The Morgan fingerprint density at radius 2 is 2.20 bits per heavy atom. The van der Waals surface area contributed by atoms with Gasteiger partial charge in [-0.05, 0) is 18.2 Å². The first-order chi connectivity index (χ1) is 7.15. The Hall–Kier alpha value is -0.580. The van der Waals surface area contributed by atoms with Crippen molar-refractivity contribution >= 4 is 33.4 Å². The summed E-state index contributed by atoms with van der Waals surface area (Å²) in [7, 11) is 0. The van der Waals surface area contributed by atoms with Crippen molar-refractivity contribution in [3.63, 3.8) is 0 Å². The van der Waals surface area contributed by atoms with Gasteiger partial charge in [0.2, 0.25) is 0 Å². The Balaban J connectivity index is 2.10. The van der Waals surface area contributed by atoms with E-state index >= 15 is 0 Å². The van der Waals surface area contributed by atoms with Crippen LogP contribution in [0.1, 0.15) is 10.4 Å². The second-order valence-corrected chi connectivity index (χ2v) is 4.72. The van der Waals surface area contributed by atoms with Gasteiger partial charge in [0.25, 0.3) is 5.91 Å². The van der Waals surface area contributed by atoms with Crippen LogP contribution in [0.4, 0.5) is 0 Å². The van der Waals surface area contributed by atoms with E-state index in [-0.39, 0.29) is 11.9 Å². The highest BCUT2D eigenvalue weighted by Crippen LogP contribution is 2.19. The quantitative estimate of drug-likeness (QED) is 0.907. The van der Waals surface area contributed by atoms with E-state index < -0.39 is 0 Å². The molecule has 0 unspecified atom stereocenters. The molecule has 1 aromatic carbocycles. The summed E-state index contributed by atoms with van der Waals surface area (Å²) in [6, 6.07) is 5.25. The molecule has 1 fully saturated rings. The number of hydrogen-bond acceptors (Lipinski definition) is 2. The van der Waals surface area contributed by atoms with E-state index in [9.17, 15) is 4.79 Å². The van der Waals surface area contributed by atoms with Gasteiger partial charge in [-0.15, -0.1) is 0 Å². The number of rotatable bonds is 2. The van der Waals surface area contributed by atoms with Gasteiger partial charge in [0.15, 0.2) is 0 Å². The highest BCUT2D eigenvalue weighted by atomic mass is 79.9. The van der Waals surface area contributed by atoms with Gasteiger partial charge in [0.1, 0.15) is 0 Å². The van der Waals surface area contributed by atoms with Crippen molar-refractivity contribution in [1.82, 2.24) is 5.32 Å². The van der Waals surface area contributed by atoms with Gasteiger partial charge in [0.05, 0.1) is 19.3 Å². The van der Waals surface area contributed by atoms with Crippen LogP contribution in [0.2, 0.25) is 5.02 Å². The Labute approximate surface area is 101 Å². The molecule has 1 aliphatic rings. The first-order valence-electron chi connectivity index (χ1n) is 4.50. The highest BCUT2D eigenvalue weighted by Gasteiger charge is 2.21. The van der Waals surface area contributed by atoms with Crippen LogP contribution in [0.15, 0.2) is 22.7 Å². The molecule has 80 valence electrons. The molecule has 1 aromatic rings. The van der Waals surface area contributed by atoms with Crippen molar-refractivity contribution in [3.8, 4) is 0 Å². The number of carbonyl (C=O) groups is 1. The Morgan fingerprint density at radius 3 is 2.73 bits per heavy atom. The molecule has 1 N–H and O–H groups in total. The molecular formula is C10H9BrClNO2. The maximum Gasteiger partial charge on any atom is 0.251 e. The summed E-state index contributed by atoms with van der Waals surface area (Å²) in [6.07, 6.45) is 0. The minimum absolute atomic E-state index is 0.119. The monoisotopic (exact) mass is 289 g/mol. The van der Waals surface area contributed by atoms with E-state index in [1.165, 1.54) is 0 Å². The van der Waals surface area contributed by atoms with Crippen LogP contribution in [0.25, 0.3) is 0 Å². The van der Waals surface area contributed by atoms with Gasteiger partial charge < -0.3 is 10.1 Å². The fourth-order valence-electron chi connectivity index (χ4n) is 1.27. The standard InChI is InChI=1S/C10H9BrClNO2/c11-7-1-6(2-8(12)3-7)10(14)13-9-4-15-5-9/h1-3,9H,4-5H2,(H,13,14). The van der Waals surface area contributed by atoms with Gasteiger partial charge in [-0.1, -0.05) is 27.5 Å². The Kier molecular flexibility index (Phi) is 3.29. The maximum absolute atomic E-state index is 11.7. The normalized spacial score (nSPS) is 15.9. The number of carbonyl (C=O) groups excluding carboxylic acids is 1. The number of nitrogens with one attached hydrogen (secondary N) is 1. The van der Waals surface area contributed by atoms with Crippen molar-refractivity contribution in [1.29, 1.82) is 0 Å². The van der Waals surface area contributed by atoms with Crippen LogP contribution in [0, 0.1) is 0 Å². The highest BCUT2D eigenvalue weighted by molar-refractivity contribution is 9.10. The van der Waals surface area contributed by atoms with Crippen LogP contribution in [-0.4, -0.2) is 25.2 Å². The van der Waals surface area contributed by atoms with Gasteiger partial charge in [0, 0.05) is 15.1 Å². The Morgan fingerprint density at radius 1 is 1.47 bits per heavy atom. The first kappa shape index (κ1) is 10.9. The lowest BCUT2D eigenvalue weighted by Crippen LogP contribution is -2.48. The summed E-state index contributed by atoms with van der Waals surface area (Å²) < 4.78 is 5.77. The molecule has 15 heavy (non-hydrogen) atoms. The number of amides is 1. The molecule has 0 aliphatic carbocycles. The average Bonchev–Trinajstić information content (AvgIpc) is 2.09. The Bertz CT molecular complexity index is 373. The van der Waals surface area contributed by atoms with Crippen molar-refractivity contribution in [2.75, 3.05) is 13.2 Å². The zero-order chi connectivity index (χ0) is 10.8. The third kappa shape index (κ3) is 2.71. The summed E-state index contributed by atoms with van der Waals surface area (Å²) in [5.41, 5.74) is 0.557. The van der Waals surface area contributed by atoms with Crippen LogP contribution < -0.4 is 5.32 Å². The van der Waals surface area contributed by atoms with Crippen LogP contribution in [0.3, 0.4) is 0 Å². The predicted octanol–water partition coefficient (Wildman–Crippen LogP) is 2.23. The largest absolute Gasteiger partial charge is 0.377 e. The molecule has 0 atom stereocenters. The SMILES string of the molecule is O=C(NC1COC1)c1cc(Cl)cc(Br)c1. The molecule has 0 aromatic heterocycles. The maximum atomic E-state index is 11.7. The van der Waals surface area contributed by atoms with E-state index in [2.05, 4.69) is 21.2 Å². The smallest absolute Gasteiger partial charge is 0.251 e. The number of benzene rings is 1. The fraction of sp³-hybridized carbons (Fsp3) is 0.300. The molecule has 0 saturated carbocycles. The number of ether oxygens (including phenoxy) is 1. The molecule has 0 radical (unpaired) electrons. The third-order valence-electron chi connectivity index (χ3n) is 2.10. The lowest BCUT2D eigenvalue weighted by atomic mass is 10.2. The molecule has 2 rings (SSSR count). The van der Waals surface area contributed by atoms with E-state index in [1.807, 2.05) is 0 Å². The molecular weight excluding hydrogens is 281 g/mol. The molecule has 5 heteroatoms. The predicted molar refractivity (Wildman–Crippen MR) is 61.2 cm³/mol. The topological polar surface area (TPSA) is 38.3 Å². The number of halogens is 2. The van der Waals surface area contributed by atoms with Gasteiger partial charge >= 0.3 is 0 Å². The minimum atomic E-state index is -0.119. The molecule has 0 bridgehead atoms. The minimum Gasteiger partial charge on any atom is -0.377 e. The van der Waals surface area contributed by atoms with E-state index in [0.29, 0.717) is 23.8 Å². The summed E-state index contributed by atoms with van der Waals surface area (Å²) in [5.74, 6) is -0.119. The second-order valence-electron chi connectivity index (χ2n) is 3.37. The average molecular weight is 291 g/mol. The van der Waals surface area contributed by atoms with Gasteiger partial charge in [-0.2, -0.15) is 0 Å². The molecule has 1 heterocycles. The third-order valence-corrected chi connectivity index (χ3v) is 2.77. The molecule has 1 amide bonds. The van der Waals surface area contributed by atoms with Gasteiger partial charge in [-0.25, -0.2) is 0 Å². The second kappa shape index (κ2) is 4.51. The first-order valence-corrected chi connectivity index (χ1v) is 5.67. The van der Waals surface area contributed by atoms with Gasteiger partial charge in [-0.3, -0.25) is 4.79 Å². The van der Waals surface area contributed by atoms with Crippen molar-refractivity contribution in [3.05, 3.63) is 33.3 Å². The van der Waals surface area contributed by atoms with Crippen molar-refractivity contribution in [2.45, 2.75) is 6.04 Å². The van der Waals surface area contributed by atoms with Crippen LogP contribution in [-0.2, 0) is 4.74 Å². The van der Waals surface area contributed by atoms with Crippen molar-refractivity contribution in [2.24, 2.45) is 0 Å². The number of hydrogen-bond donors (Lipinski definition) is 1. The van der Waals surface area contributed by atoms with E-state index in [4.69, 9.17) is 16.3 Å².